The van der Waals surface area contributed by atoms with E-state index in [1.807, 2.05) is 0 Å². The monoisotopic (exact) mass is 433 g/mol. The van der Waals surface area contributed by atoms with Crippen LogP contribution in [0.4, 0.5) is 18.3 Å². The molecule has 4 rings (SSSR count). The van der Waals surface area contributed by atoms with Crippen molar-refractivity contribution in [2.45, 2.75) is 0 Å². The summed E-state index contributed by atoms with van der Waals surface area (Å²) >= 11 is 0.721. The molecule has 152 valence electrons. The second-order valence-corrected chi connectivity index (χ2v) is 7.10. The Bertz CT molecular complexity index is 1380. The predicted molar refractivity (Wildman–Crippen MR) is 103 cm³/mol. The minimum atomic E-state index is -1.66. The van der Waals surface area contributed by atoms with E-state index >= 15 is 0 Å². The third kappa shape index (κ3) is 3.62. The number of rotatable bonds is 4. The molecule has 2 heterocycles. The number of halogens is 3. The number of thiazole rings is 1. The fourth-order valence-electron chi connectivity index (χ4n) is 2.77. The Kier molecular flexibility index (Phi) is 4.96. The van der Waals surface area contributed by atoms with Gasteiger partial charge >= 0.3 is 5.97 Å². The zero-order valence-corrected chi connectivity index (χ0v) is 15.6. The van der Waals surface area contributed by atoms with Gasteiger partial charge in [-0.25, -0.2) is 22.9 Å². The summed E-state index contributed by atoms with van der Waals surface area (Å²) in [5, 5.41) is 2.57. The lowest BCUT2D eigenvalue weighted by Crippen LogP contribution is -2.21. The van der Waals surface area contributed by atoms with Crippen LogP contribution in [0.1, 0.15) is 10.4 Å². The fraction of sp³-hybridized carbons (Fsp3) is 0.0526. The molecule has 0 spiro atoms. The molecule has 0 aliphatic carbocycles. The number of fused-ring (bicyclic) bond motifs is 2. The third-order valence-electron chi connectivity index (χ3n) is 4.07. The van der Waals surface area contributed by atoms with Crippen LogP contribution in [0.2, 0.25) is 0 Å². The highest BCUT2D eigenvalue weighted by molar-refractivity contribution is 7.22. The number of carbonyl (C=O) groups is 2. The number of aromatic nitrogens is 2. The maximum absolute atomic E-state index is 13.7. The number of para-hydroxylation sites is 1. The predicted octanol–water partition coefficient (Wildman–Crippen LogP) is 3.35. The summed E-state index contributed by atoms with van der Waals surface area (Å²) in [7, 11) is 0. The molecule has 0 unspecified atom stereocenters. The molecule has 11 heteroatoms. The normalized spacial score (nSPS) is 11.0. The van der Waals surface area contributed by atoms with Gasteiger partial charge in [0.2, 0.25) is 5.56 Å². The maximum Gasteiger partial charge on any atom is 0.339 e. The van der Waals surface area contributed by atoms with Gasteiger partial charge < -0.3 is 9.72 Å². The number of hydrogen-bond acceptors (Lipinski definition) is 6. The van der Waals surface area contributed by atoms with Crippen LogP contribution < -0.4 is 10.9 Å². The number of aromatic amines is 1. The van der Waals surface area contributed by atoms with Crippen molar-refractivity contribution in [1.29, 1.82) is 0 Å². The Morgan fingerprint density at radius 1 is 1.13 bits per heavy atom. The number of H-pyrrole nitrogens is 1. The highest BCUT2D eigenvalue weighted by Gasteiger charge is 2.19. The maximum atomic E-state index is 13.7. The van der Waals surface area contributed by atoms with E-state index in [2.05, 4.69) is 15.3 Å². The van der Waals surface area contributed by atoms with Crippen LogP contribution in [-0.4, -0.2) is 28.5 Å². The first-order valence-corrected chi connectivity index (χ1v) is 9.18. The van der Waals surface area contributed by atoms with E-state index in [1.54, 1.807) is 24.3 Å². The number of nitrogens with one attached hydrogen (secondary N) is 2. The van der Waals surface area contributed by atoms with Gasteiger partial charge in [0.1, 0.15) is 5.52 Å². The van der Waals surface area contributed by atoms with E-state index in [4.69, 9.17) is 4.74 Å². The summed E-state index contributed by atoms with van der Waals surface area (Å²) < 4.78 is 45.2. The number of ether oxygens (including phenoxy) is 1. The first-order chi connectivity index (χ1) is 14.3. The van der Waals surface area contributed by atoms with Crippen LogP contribution in [0.3, 0.4) is 0 Å². The molecule has 1 amide bonds. The van der Waals surface area contributed by atoms with Gasteiger partial charge in [-0.15, -0.1) is 0 Å². The van der Waals surface area contributed by atoms with E-state index in [1.165, 1.54) is 0 Å². The summed E-state index contributed by atoms with van der Waals surface area (Å²) in [6, 6.07) is 8.39. The Morgan fingerprint density at radius 3 is 2.70 bits per heavy atom. The van der Waals surface area contributed by atoms with Crippen LogP contribution in [0, 0.1) is 17.5 Å². The topological polar surface area (TPSA) is 101 Å². The number of esters is 1. The van der Waals surface area contributed by atoms with Gasteiger partial charge in [-0.3, -0.25) is 14.9 Å². The molecule has 0 aliphatic heterocycles. The van der Waals surface area contributed by atoms with Crippen molar-refractivity contribution in [3.8, 4) is 0 Å². The molecule has 7 nitrogen and oxygen atoms in total. The van der Waals surface area contributed by atoms with Gasteiger partial charge in [0.15, 0.2) is 29.2 Å². The van der Waals surface area contributed by atoms with Crippen LogP contribution in [0.5, 0.6) is 0 Å². The van der Waals surface area contributed by atoms with Gasteiger partial charge in [0, 0.05) is 17.0 Å². The second-order valence-electron chi connectivity index (χ2n) is 6.07. The van der Waals surface area contributed by atoms with Crippen LogP contribution >= 0.6 is 11.3 Å². The quantitative estimate of drug-likeness (QED) is 0.380. The first-order valence-electron chi connectivity index (χ1n) is 8.36. The largest absolute Gasteiger partial charge is 0.452 e. The van der Waals surface area contributed by atoms with Crippen LogP contribution in [0.15, 0.2) is 41.2 Å². The molecule has 0 bridgehead atoms. The smallest absolute Gasteiger partial charge is 0.339 e. The lowest BCUT2D eigenvalue weighted by Gasteiger charge is -2.07. The van der Waals surface area contributed by atoms with E-state index in [0.717, 1.165) is 23.5 Å². The number of hydrogen-bond donors (Lipinski definition) is 2. The Morgan fingerprint density at radius 2 is 1.90 bits per heavy atom. The number of anilines is 1. The van der Waals surface area contributed by atoms with Crippen molar-refractivity contribution in [3.05, 3.63) is 69.8 Å². The zero-order valence-electron chi connectivity index (χ0n) is 14.8. The van der Waals surface area contributed by atoms with Gasteiger partial charge in [-0.2, -0.15) is 0 Å². The molecule has 0 aliphatic rings. The van der Waals surface area contributed by atoms with Crippen molar-refractivity contribution in [2.24, 2.45) is 0 Å². The highest BCUT2D eigenvalue weighted by Crippen LogP contribution is 2.30. The summed E-state index contributed by atoms with van der Waals surface area (Å²) in [6.07, 6.45) is 0. The Balaban J connectivity index is 1.48. The van der Waals surface area contributed by atoms with Crippen LogP contribution in [-0.2, 0) is 9.53 Å². The molecular formula is C19H10F3N3O4S. The van der Waals surface area contributed by atoms with Crippen LogP contribution in [0.25, 0.3) is 21.1 Å². The summed E-state index contributed by atoms with van der Waals surface area (Å²) in [5.41, 5.74) is -0.533. The lowest BCUT2D eigenvalue weighted by molar-refractivity contribution is -0.119. The molecule has 0 atom stereocenters. The molecule has 0 saturated carbocycles. The third-order valence-corrected chi connectivity index (χ3v) is 4.99. The second kappa shape index (κ2) is 7.59. The summed E-state index contributed by atoms with van der Waals surface area (Å²) in [4.78, 5) is 42.4. The molecule has 0 radical (unpaired) electrons. The number of benzene rings is 2. The number of amides is 1. The highest BCUT2D eigenvalue weighted by atomic mass is 32.1. The molecule has 2 aromatic heterocycles. The molecule has 2 aromatic carbocycles. The molecule has 4 aromatic rings. The molecule has 2 N–H and O–H groups in total. The molecule has 30 heavy (non-hydrogen) atoms. The van der Waals surface area contributed by atoms with Crippen molar-refractivity contribution in [1.82, 2.24) is 9.97 Å². The van der Waals surface area contributed by atoms with Crippen molar-refractivity contribution >= 4 is 49.5 Å². The minimum Gasteiger partial charge on any atom is -0.452 e. The standard InChI is InChI=1S/C19H10F3N3O4S/c20-10-6-12-17(16(22)15(10)21)25-19(30-12)24-14(27)7-29-18(28)9-5-13(26)23-11-4-2-1-3-8(9)11/h1-6H,7H2,(H,23,26)(H,24,25,27). The van der Waals surface area contributed by atoms with Gasteiger partial charge in [0.25, 0.3) is 5.91 Å². The Hall–Kier alpha value is -3.73. The fourth-order valence-corrected chi connectivity index (χ4v) is 3.67. The summed E-state index contributed by atoms with van der Waals surface area (Å²) in [5.74, 6) is -6.20. The number of nitrogens with zero attached hydrogens (tertiary/aromatic N) is 1. The van der Waals surface area contributed by atoms with Crippen molar-refractivity contribution in [3.63, 3.8) is 0 Å². The average molecular weight is 433 g/mol. The van der Waals surface area contributed by atoms with E-state index in [9.17, 15) is 27.6 Å². The first kappa shape index (κ1) is 19.6. The van der Waals surface area contributed by atoms with Gasteiger partial charge in [-0.05, 0) is 12.1 Å². The average Bonchev–Trinajstić information content (AvgIpc) is 3.11. The SMILES string of the molecule is O=C(COC(=O)c1cc(=O)[nH]c2ccccc12)Nc1nc2c(F)c(F)c(F)cc2s1. The molecule has 0 saturated heterocycles. The number of carbonyl (C=O) groups excluding carboxylic acids is 2. The van der Waals surface area contributed by atoms with E-state index in [0.29, 0.717) is 10.9 Å². The summed E-state index contributed by atoms with van der Waals surface area (Å²) in [6.45, 7) is -0.721. The molecular weight excluding hydrogens is 423 g/mol. The minimum absolute atomic E-state index is 0.00586. The van der Waals surface area contributed by atoms with Crippen molar-refractivity contribution in [2.75, 3.05) is 11.9 Å². The van der Waals surface area contributed by atoms with Gasteiger partial charge in [0.05, 0.1) is 10.3 Å². The van der Waals surface area contributed by atoms with E-state index in [-0.39, 0.29) is 15.4 Å². The van der Waals surface area contributed by atoms with E-state index < -0.39 is 47.0 Å². The number of pyridine rings is 1. The van der Waals surface area contributed by atoms with Crippen molar-refractivity contribution < 1.29 is 27.5 Å². The Labute approximate surface area is 169 Å². The lowest BCUT2D eigenvalue weighted by atomic mass is 10.1. The molecule has 0 fully saturated rings. The van der Waals surface area contributed by atoms with Gasteiger partial charge in [-0.1, -0.05) is 29.5 Å². The zero-order chi connectivity index (χ0) is 21.4.